The zero-order valence-corrected chi connectivity index (χ0v) is 17.4. The highest BCUT2D eigenvalue weighted by molar-refractivity contribution is 6.30. The summed E-state index contributed by atoms with van der Waals surface area (Å²) in [4.78, 5) is 8.97. The van der Waals surface area contributed by atoms with Crippen molar-refractivity contribution < 1.29 is 14.9 Å². The molecular weight excluding hydrogens is 416 g/mol. The van der Waals surface area contributed by atoms with Crippen LogP contribution in [-0.4, -0.2) is 43.1 Å². The van der Waals surface area contributed by atoms with Gasteiger partial charge in [0, 0.05) is 22.5 Å². The molecular formula is C23H21ClN4O3. The molecule has 2 aromatic heterocycles. The number of nitrogens with zero attached hydrogens (tertiary/aromatic N) is 3. The second kappa shape index (κ2) is 7.94. The number of anilines is 2. The average molecular weight is 437 g/mol. The van der Waals surface area contributed by atoms with Crippen molar-refractivity contribution >= 4 is 34.1 Å². The van der Waals surface area contributed by atoms with E-state index in [2.05, 4.69) is 15.3 Å². The summed E-state index contributed by atoms with van der Waals surface area (Å²) < 4.78 is 7.63. The molecule has 0 radical (unpaired) electrons. The molecule has 1 saturated heterocycles. The number of aliphatic hydroxyl groups is 2. The molecule has 1 aliphatic rings. The minimum Gasteiger partial charge on any atom is -0.388 e. The second-order valence-corrected chi connectivity index (χ2v) is 8.02. The maximum Gasteiger partial charge on any atom is 0.164 e. The van der Waals surface area contributed by atoms with Crippen LogP contribution in [-0.2, 0) is 4.74 Å². The summed E-state index contributed by atoms with van der Waals surface area (Å²) in [5.41, 5.74) is 3.25. The minimum absolute atomic E-state index is 0.500. The number of rotatable bonds is 4. The van der Waals surface area contributed by atoms with Crippen LogP contribution in [0, 0.1) is 0 Å². The van der Waals surface area contributed by atoms with Crippen molar-refractivity contribution in [2.75, 3.05) is 5.32 Å². The summed E-state index contributed by atoms with van der Waals surface area (Å²) in [6.45, 7) is 1.73. The molecule has 0 bridgehead atoms. The van der Waals surface area contributed by atoms with Crippen LogP contribution in [0.1, 0.15) is 13.2 Å². The first-order chi connectivity index (χ1) is 15.0. The Morgan fingerprint density at radius 1 is 1.00 bits per heavy atom. The summed E-state index contributed by atoms with van der Waals surface area (Å²) in [7, 11) is 0. The predicted molar refractivity (Wildman–Crippen MR) is 119 cm³/mol. The van der Waals surface area contributed by atoms with E-state index in [-0.39, 0.29) is 0 Å². The number of fused-ring (bicyclic) bond motifs is 1. The molecule has 4 aromatic rings. The Morgan fingerprint density at radius 2 is 1.74 bits per heavy atom. The number of ether oxygens (including phenoxy) is 1. The number of hydrogen-bond acceptors (Lipinski definition) is 6. The quantitative estimate of drug-likeness (QED) is 0.445. The zero-order valence-electron chi connectivity index (χ0n) is 16.7. The van der Waals surface area contributed by atoms with Crippen molar-refractivity contribution in [1.82, 2.24) is 14.5 Å². The van der Waals surface area contributed by atoms with Crippen LogP contribution in [0.3, 0.4) is 0 Å². The van der Waals surface area contributed by atoms with Gasteiger partial charge in [0.1, 0.15) is 30.0 Å². The fourth-order valence-corrected chi connectivity index (χ4v) is 4.06. The maximum atomic E-state index is 10.6. The Balaban J connectivity index is 1.70. The molecule has 31 heavy (non-hydrogen) atoms. The number of aromatic nitrogens is 3. The van der Waals surface area contributed by atoms with Gasteiger partial charge in [-0.2, -0.15) is 0 Å². The molecule has 7 nitrogen and oxygen atoms in total. The lowest BCUT2D eigenvalue weighted by atomic mass is 10.1. The van der Waals surface area contributed by atoms with E-state index in [0.29, 0.717) is 16.5 Å². The van der Waals surface area contributed by atoms with Gasteiger partial charge in [0.25, 0.3) is 0 Å². The molecule has 2 aromatic carbocycles. The molecule has 4 atom stereocenters. The third-order valence-electron chi connectivity index (χ3n) is 5.55. The van der Waals surface area contributed by atoms with Gasteiger partial charge in [0.2, 0.25) is 0 Å². The Labute approximate surface area is 183 Å². The van der Waals surface area contributed by atoms with Crippen molar-refractivity contribution in [1.29, 1.82) is 0 Å². The standard InChI is InChI=1S/C23H21ClN4O3/c1-13-19(29)20(30)23(31-13)28-11-17(14-7-9-15(24)10-8-14)18-21(25-12-26-22(18)28)27-16-5-3-2-4-6-16/h2-13,19-20,23,29-30H,1H3,(H,25,26,27)/t13-,19-,20-,23-/m1/s1. The number of hydrogen-bond donors (Lipinski definition) is 3. The van der Waals surface area contributed by atoms with Gasteiger partial charge in [-0.1, -0.05) is 41.9 Å². The van der Waals surface area contributed by atoms with Crippen LogP contribution in [0.4, 0.5) is 11.5 Å². The molecule has 0 aliphatic carbocycles. The Morgan fingerprint density at radius 3 is 2.42 bits per heavy atom. The van der Waals surface area contributed by atoms with Gasteiger partial charge < -0.3 is 24.8 Å². The SMILES string of the molecule is C[C@H]1O[C@@H](n2cc(-c3ccc(Cl)cc3)c3c(Nc4ccccc4)ncnc32)[C@H](O)[C@@H]1O. The monoisotopic (exact) mass is 436 g/mol. The summed E-state index contributed by atoms with van der Waals surface area (Å²) in [5.74, 6) is 0.626. The van der Waals surface area contributed by atoms with E-state index in [0.717, 1.165) is 22.2 Å². The van der Waals surface area contributed by atoms with Crippen LogP contribution in [0.15, 0.2) is 67.1 Å². The molecule has 3 N–H and O–H groups in total. The van der Waals surface area contributed by atoms with Gasteiger partial charge in [-0.3, -0.25) is 0 Å². The fraction of sp³-hybridized carbons (Fsp3) is 0.217. The average Bonchev–Trinajstić information content (AvgIpc) is 3.29. The van der Waals surface area contributed by atoms with Gasteiger partial charge in [0.15, 0.2) is 6.23 Å². The molecule has 158 valence electrons. The van der Waals surface area contributed by atoms with Crippen molar-refractivity contribution in [2.24, 2.45) is 0 Å². The first-order valence-corrected chi connectivity index (χ1v) is 10.4. The number of para-hydroxylation sites is 1. The van der Waals surface area contributed by atoms with Crippen molar-refractivity contribution in [3.63, 3.8) is 0 Å². The van der Waals surface area contributed by atoms with Crippen molar-refractivity contribution in [2.45, 2.75) is 31.5 Å². The highest BCUT2D eigenvalue weighted by Crippen LogP contribution is 2.39. The molecule has 8 heteroatoms. The van der Waals surface area contributed by atoms with E-state index < -0.39 is 24.5 Å². The lowest BCUT2D eigenvalue weighted by Gasteiger charge is -2.17. The van der Waals surface area contributed by atoms with E-state index in [1.807, 2.05) is 60.8 Å². The molecule has 0 spiro atoms. The van der Waals surface area contributed by atoms with Crippen LogP contribution in [0.25, 0.3) is 22.2 Å². The Kier molecular flexibility index (Phi) is 5.11. The van der Waals surface area contributed by atoms with E-state index in [9.17, 15) is 10.2 Å². The number of aliphatic hydroxyl groups excluding tert-OH is 2. The number of halogens is 1. The molecule has 3 heterocycles. The molecule has 0 amide bonds. The molecule has 1 aliphatic heterocycles. The van der Waals surface area contributed by atoms with Crippen molar-refractivity contribution in [3.05, 3.63) is 72.1 Å². The predicted octanol–water partition coefficient (Wildman–Crippen LogP) is 4.13. The minimum atomic E-state index is -1.08. The molecule has 1 fully saturated rings. The van der Waals surface area contributed by atoms with Gasteiger partial charge in [-0.15, -0.1) is 0 Å². The smallest absolute Gasteiger partial charge is 0.164 e. The molecule has 0 saturated carbocycles. The first-order valence-electron chi connectivity index (χ1n) is 9.98. The van der Waals surface area contributed by atoms with Gasteiger partial charge >= 0.3 is 0 Å². The van der Waals surface area contributed by atoms with Crippen LogP contribution in [0.5, 0.6) is 0 Å². The van der Waals surface area contributed by atoms with E-state index in [4.69, 9.17) is 16.3 Å². The summed E-state index contributed by atoms with van der Waals surface area (Å²) in [5, 5.41) is 25.6. The molecule has 0 unspecified atom stereocenters. The van der Waals surface area contributed by atoms with E-state index >= 15 is 0 Å². The number of benzene rings is 2. The normalized spacial score (nSPS) is 23.4. The van der Waals surface area contributed by atoms with Gasteiger partial charge in [-0.05, 0) is 36.8 Å². The highest BCUT2D eigenvalue weighted by Gasteiger charge is 2.42. The molecule has 5 rings (SSSR count). The summed E-state index contributed by atoms with van der Waals surface area (Å²) >= 11 is 6.09. The first kappa shape index (κ1) is 20.0. The van der Waals surface area contributed by atoms with Gasteiger partial charge in [0.05, 0.1) is 11.5 Å². The topological polar surface area (TPSA) is 92.4 Å². The van der Waals surface area contributed by atoms with Crippen LogP contribution < -0.4 is 5.32 Å². The van der Waals surface area contributed by atoms with E-state index in [1.165, 1.54) is 6.33 Å². The third kappa shape index (κ3) is 3.55. The van der Waals surface area contributed by atoms with Gasteiger partial charge in [-0.25, -0.2) is 9.97 Å². The Hall–Kier alpha value is -2.97. The summed E-state index contributed by atoms with van der Waals surface area (Å²) in [6.07, 6.45) is 0.0106. The highest BCUT2D eigenvalue weighted by atomic mass is 35.5. The largest absolute Gasteiger partial charge is 0.388 e. The fourth-order valence-electron chi connectivity index (χ4n) is 3.94. The zero-order chi connectivity index (χ0) is 21.5. The Bertz CT molecular complexity index is 1210. The third-order valence-corrected chi connectivity index (χ3v) is 5.80. The summed E-state index contributed by atoms with van der Waals surface area (Å²) in [6, 6.07) is 17.2. The van der Waals surface area contributed by atoms with Crippen LogP contribution in [0.2, 0.25) is 5.02 Å². The van der Waals surface area contributed by atoms with Crippen molar-refractivity contribution in [3.8, 4) is 11.1 Å². The lowest BCUT2D eigenvalue weighted by Crippen LogP contribution is -2.30. The second-order valence-electron chi connectivity index (χ2n) is 7.58. The number of nitrogens with one attached hydrogen (secondary N) is 1. The van der Waals surface area contributed by atoms with E-state index in [1.54, 1.807) is 11.5 Å². The lowest BCUT2D eigenvalue weighted by molar-refractivity contribution is -0.0295. The maximum absolute atomic E-state index is 10.6. The van der Waals surface area contributed by atoms with Crippen LogP contribution >= 0.6 is 11.6 Å².